The summed E-state index contributed by atoms with van der Waals surface area (Å²) >= 11 is 0. The number of aryl methyl sites for hydroxylation is 2. The molecule has 0 saturated heterocycles. The zero-order valence-electron chi connectivity index (χ0n) is 12.2. The maximum atomic E-state index is 10.6. The number of hydrogen-bond donors (Lipinski definition) is 2. The van der Waals surface area contributed by atoms with Crippen molar-refractivity contribution in [1.82, 2.24) is 5.16 Å². The quantitative estimate of drug-likeness (QED) is 0.839. The summed E-state index contributed by atoms with van der Waals surface area (Å²) in [5.74, 6) is -1.92. The molecule has 0 bridgehead atoms. The standard InChI is InChI=1S/C13H14N2O.C2HF3O2/c1-8-6-13(15-16-8)10-2-4-11-9(7-10)3-5-12(11)14;3-2(4,5)1(6)7/h2,4,6-7,12H,3,5,14H2,1H3;(H,6,7). The first-order valence-electron chi connectivity index (χ1n) is 6.80. The van der Waals surface area contributed by atoms with Crippen molar-refractivity contribution in [2.45, 2.75) is 32.0 Å². The highest BCUT2D eigenvalue weighted by Crippen LogP contribution is 2.32. The van der Waals surface area contributed by atoms with Crippen molar-refractivity contribution in [3.05, 3.63) is 41.2 Å². The molecule has 3 rings (SSSR count). The van der Waals surface area contributed by atoms with E-state index in [9.17, 15) is 13.2 Å². The van der Waals surface area contributed by atoms with E-state index in [4.69, 9.17) is 20.2 Å². The first kappa shape index (κ1) is 17.0. The van der Waals surface area contributed by atoms with Gasteiger partial charge in [-0.05, 0) is 37.0 Å². The molecule has 3 N–H and O–H groups in total. The predicted octanol–water partition coefficient (Wildman–Crippen LogP) is 3.23. The summed E-state index contributed by atoms with van der Waals surface area (Å²) in [5, 5.41) is 11.1. The summed E-state index contributed by atoms with van der Waals surface area (Å²) in [6, 6.07) is 8.53. The first-order chi connectivity index (χ1) is 10.7. The van der Waals surface area contributed by atoms with Crippen LogP contribution in [0.3, 0.4) is 0 Å². The second-order valence-corrected chi connectivity index (χ2v) is 5.18. The van der Waals surface area contributed by atoms with E-state index in [0.717, 1.165) is 29.9 Å². The van der Waals surface area contributed by atoms with Crippen LogP contribution in [-0.4, -0.2) is 22.4 Å². The van der Waals surface area contributed by atoms with Crippen LogP contribution in [0.1, 0.15) is 29.3 Å². The summed E-state index contributed by atoms with van der Waals surface area (Å²) in [7, 11) is 0. The number of carboxylic acid groups (broad SMARTS) is 1. The highest BCUT2D eigenvalue weighted by Gasteiger charge is 2.38. The third-order valence-corrected chi connectivity index (χ3v) is 3.43. The van der Waals surface area contributed by atoms with Gasteiger partial charge in [-0.3, -0.25) is 0 Å². The van der Waals surface area contributed by atoms with Crippen LogP contribution in [0.2, 0.25) is 0 Å². The van der Waals surface area contributed by atoms with Crippen molar-refractivity contribution in [2.75, 3.05) is 0 Å². The zero-order chi connectivity index (χ0) is 17.2. The molecule has 0 saturated carbocycles. The number of nitrogens with zero attached hydrogens (tertiary/aromatic N) is 1. The maximum Gasteiger partial charge on any atom is 0.490 e. The third-order valence-electron chi connectivity index (χ3n) is 3.43. The number of carboxylic acids is 1. The summed E-state index contributed by atoms with van der Waals surface area (Å²) in [6.45, 7) is 1.90. The van der Waals surface area contributed by atoms with Crippen LogP contribution in [0.15, 0.2) is 28.8 Å². The topological polar surface area (TPSA) is 89.4 Å². The molecule has 8 heteroatoms. The van der Waals surface area contributed by atoms with Crippen molar-refractivity contribution < 1.29 is 27.6 Å². The molecule has 2 aromatic rings. The molecule has 0 amide bonds. The number of fused-ring (bicyclic) bond motifs is 1. The Morgan fingerprint density at radius 2 is 2.04 bits per heavy atom. The molecule has 1 unspecified atom stereocenters. The Morgan fingerprint density at radius 3 is 2.57 bits per heavy atom. The Balaban J connectivity index is 0.000000236. The molecule has 1 aromatic heterocycles. The van der Waals surface area contributed by atoms with Gasteiger partial charge >= 0.3 is 12.1 Å². The maximum absolute atomic E-state index is 10.6. The minimum Gasteiger partial charge on any atom is -0.475 e. The minimum absolute atomic E-state index is 0.211. The van der Waals surface area contributed by atoms with Gasteiger partial charge in [0.05, 0.1) is 0 Å². The number of aromatic nitrogens is 1. The van der Waals surface area contributed by atoms with Gasteiger partial charge in [0.1, 0.15) is 11.5 Å². The minimum atomic E-state index is -5.08. The normalized spacial score (nSPS) is 16.5. The van der Waals surface area contributed by atoms with Crippen molar-refractivity contribution in [2.24, 2.45) is 5.73 Å². The fourth-order valence-electron chi connectivity index (χ4n) is 2.31. The Bertz CT molecular complexity index is 710. The van der Waals surface area contributed by atoms with Crippen LogP contribution in [0, 0.1) is 6.92 Å². The molecule has 0 spiro atoms. The Labute approximate surface area is 129 Å². The summed E-state index contributed by atoms with van der Waals surface area (Å²) in [4.78, 5) is 8.90. The van der Waals surface area contributed by atoms with Gasteiger partial charge < -0.3 is 15.4 Å². The van der Waals surface area contributed by atoms with Gasteiger partial charge in [-0.15, -0.1) is 0 Å². The SMILES string of the molecule is Cc1cc(-c2ccc3c(c2)CCC3N)no1.O=C(O)C(F)(F)F. The molecule has 1 atom stereocenters. The van der Waals surface area contributed by atoms with E-state index < -0.39 is 12.1 Å². The number of carbonyl (C=O) groups is 1. The Hall–Kier alpha value is -2.35. The van der Waals surface area contributed by atoms with Crippen molar-refractivity contribution in [1.29, 1.82) is 0 Å². The summed E-state index contributed by atoms with van der Waals surface area (Å²) < 4.78 is 36.8. The second kappa shape index (κ2) is 6.41. The van der Waals surface area contributed by atoms with Gasteiger partial charge in [-0.2, -0.15) is 13.2 Å². The lowest BCUT2D eigenvalue weighted by atomic mass is 10.0. The average molecular weight is 328 g/mol. The zero-order valence-corrected chi connectivity index (χ0v) is 12.2. The van der Waals surface area contributed by atoms with Crippen LogP contribution >= 0.6 is 0 Å². The molecule has 1 aliphatic rings. The molecule has 23 heavy (non-hydrogen) atoms. The average Bonchev–Trinajstić information content (AvgIpc) is 3.05. The van der Waals surface area contributed by atoms with Gasteiger partial charge in [0.15, 0.2) is 0 Å². The van der Waals surface area contributed by atoms with E-state index in [1.165, 1.54) is 11.1 Å². The summed E-state index contributed by atoms with van der Waals surface area (Å²) in [5.41, 5.74) is 10.7. The molecule has 1 aromatic carbocycles. The van der Waals surface area contributed by atoms with Crippen LogP contribution in [0.5, 0.6) is 0 Å². The number of aliphatic carboxylic acids is 1. The van der Waals surface area contributed by atoms with Crippen molar-refractivity contribution >= 4 is 5.97 Å². The summed E-state index contributed by atoms with van der Waals surface area (Å²) in [6.07, 6.45) is -2.96. The number of rotatable bonds is 1. The van der Waals surface area contributed by atoms with Crippen LogP contribution in [0.4, 0.5) is 13.2 Å². The molecule has 0 fully saturated rings. The van der Waals surface area contributed by atoms with Crippen molar-refractivity contribution in [3.8, 4) is 11.3 Å². The highest BCUT2D eigenvalue weighted by molar-refractivity contribution is 5.73. The lowest BCUT2D eigenvalue weighted by Gasteiger charge is -2.05. The largest absolute Gasteiger partial charge is 0.490 e. The number of hydrogen-bond acceptors (Lipinski definition) is 4. The molecular weight excluding hydrogens is 313 g/mol. The third kappa shape index (κ3) is 4.10. The van der Waals surface area contributed by atoms with Crippen LogP contribution in [-0.2, 0) is 11.2 Å². The first-order valence-corrected chi connectivity index (χ1v) is 6.80. The molecule has 124 valence electrons. The van der Waals surface area contributed by atoms with Gasteiger partial charge in [0.2, 0.25) is 0 Å². The highest BCUT2D eigenvalue weighted by atomic mass is 19.4. The van der Waals surface area contributed by atoms with Crippen LogP contribution in [0.25, 0.3) is 11.3 Å². The number of halogens is 3. The molecule has 0 aliphatic heterocycles. The van der Waals surface area contributed by atoms with Crippen LogP contribution < -0.4 is 5.73 Å². The molecule has 1 aliphatic carbocycles. The second-order valence-electron chi connectivity index (χ2n) is 5.18. The lowest BCUT2D eigenvalue weighted by molar-refractivity contribution is -0.192. The van der Waals surface area contributed by atoms with E-state index in [-0.39, 0.29) is 6.04 Å². The lowest BCUT2D eigenvalue weighted by Crippen LogP contribution is -2.21. The van der Waals surface area contributed by atoms with E-state index in [1.54, 1.807) is 0 Å². The smallest absolute Gasteiger partial charge is 0.475 e. The van der Waals surface area contributed by atoms with E-state index in [2.05, 4.69) is 23.4 Å². The monoisotopic (exact) mass is 328 g/mol. The molecule has 0 radical (unpaired) electrons. The number of benzene rings is 1. The predicted molar refractivity (Wildman–Crippen MR) is 75.6 cm³/mol. The number of nitrogens with two attached hydrogens (primary N) is 1. The molecule has 5 nitrogen and oxygen atoms in total. The molecule has 1 heterocycles. The Morgan fingerprint density at radius 1 is 1.39 bits per heavy atom. The molecular formula is C15H15F3N2O3. The number of alkyl halides is 3. The van der Waals surface area contributed by atoms with E-state index >= 15 is 0 Å². The van der Waals surface area contributed by atoms with Gasteiger partial charge in [-0.1, -0.05) is 17.3 Å². The fraction of sp³-hybridized carbons (Fsp3) is 0.333. The fourth-order valence-corrected chi connectivity index (χ4v) is 2.31. The van der Waals surface area contributed by atoms with E-state index in [0.29, 0.717) is 0 Å². The Kier molecular flexibility index (Phi) is 4.74. The van der Waals surface area contributed by atoms with E-state index in [1.807, 2.05) is 13.0 Å². The van der Waals surface area contributed by atoms with Crippen molar-refractivity contribution in [3.63, 3.8) is 0 Å². The van der Waals surface area contributed by atoms with Gasteiger partial charge in [-0.25, -0.2) is 4.79 Å². The van der Waals surface area contributed by atoms with Gasteiger partial charge in [0, 0.05) is 17.7 Å². The van der Waals surface area contributed by atoms with Gasteiger partial charge in [0.25, 0.3) is 0 Å².